The van der Waals surface area contributed by atoms with Crippen LogP contribution in [0, 0.1) is 0 Å². The Morgan fingerprint density at radius 2 is 0.778 bits per heavy atom. The first-order chi connectivity index (χ1) is 12.6. The lowest BCUT2D eigenvalue weighted by molar-refractivity contribution is -0.890. The normalized spacial score (nSPS) is 11.6. The summed E-state index contributed by atoms with van der Waals surface area (Å²) in [4.78, 5) is 0. The van der Waals surface area contributed by atoms with Crippen molar-refractivity contribution in [2.75, 3.05) is 32.5 Å². The predicted molar refractivity (Wildman–Crippen MR) is 124 cm³/mol. The molecule has 0 aliphatic heterocycles. The summed E-state index contributed by atoms with van der Waals surface area (Å²) in [5, 5.41) is 1.18. The predicted octanol–water partition coefficient (Wildman–Crippen LogP) is 5.50. The van der Waals surface area contributed by atoms with Crippen molar-refractivity contribution in [2.24, 2.45) is 0 Å². The number of alkyl halides is 1. The van der Waals surface area contributed by atoms with Gasteiger partial charge >= 0.3 is 0 Å². The summed E-state index contributed by atoms with van der Waals surface area (Å²) in [7, 11) is 4.88. The smallest absolute Gasteiger partial charge is 0.0782 e. The van der Waals surface area contributed by atoms with Gasteiger partial charge in [0.15, 0.2) is 0 Å². The fourth-order valence-corrected chi connectivity index (χ4v) is 4.23. The van der Waals surface area contributed by atoms with Crippen molar-refractivity contribution in [2.45, 2.75) is 122 Å². The summed E-state index contributed by atoms with van der Waals surface area (Å²) < 4.78 is 1.24. The van der Waals surface area contributed by atoms with Gasteiger partial charge < -0.3 is 21.5 Å². The average Bonchev–Trinajstić information content (AvgIpc) is 2.62. The van der Waals surface area contributed by atoms with Gasteiger partial charge in [-0.25, -0.2) is 0 Å². The average molecular weight is 513 g/mol. The maximum Gasteiger partial charge on any atom is 0.0782 e. The first-order valence-corrected chi connectivity index (χ1v) is 13.1. The van der Waals surface area contributed by atoms with Crippen molar-refractivity contribution in [3.63, 3.8) is 0 Å². The lowest BCUT2D eigenvalue weighted by atomic mass is 10.1. The molecule has 0 spiro atoms. The highest BCUT2D eigenvalue weighted by Crippen LogP contribution is 2.13. The fraction of sp³-hybridized carbons (Fsp3) is 1.00. The van der Waals surface area contributed by atoms with Crippen LogP contribution < -0.4 is 17.0 Å². The molecule has 0 heterocycles. The molecule has 0 aliphatic rings. The van der Waals surface area contributed by atoms with Gasteiger partial charge in [0.25, 0.3) is 0 Å². The van der Waals surface area contributed by atoms with Gasteiger partial charge in [-0.1, -0.05) is 106 Å². The van der Waals surface area contributed by atoms with E-state index in [1.807, 2.05) is 0 Å². The third kappa shape index (κ3) is 24.9. The first kappa shape index (κ1) is 30.1. The molecule has 0 aromatic carbocycles. The molecule has 0 unspecified atom stereocenters. The number of halogens is 2. The van der Waals surface area contributed by atoms with Gasteiger partial charge in [0.2, 0.25) is 0 Å². The Labute approximate surface area is 191 Å². The molecule has 166 valence electrons. The summed E-state index contributed by atoms with van der Waals surface area (Å²) in [5.41, 5.74) is 0. The van der Waals surface area contributed by atoms with Gasteiger partial charge in [0, 0.05) is 5.33 Å². The quantitative estimate of drug-likeness (QED) is 0.108. The van der Waals surface area contributed by atoms with Crippen LogP contribution in [0.3, 0.4) is 0 Å². The van der Waals surface area contributed by atoms with E-state index in [1.54, 1.807) is 0 Å². The van der Waals surface area contributed by atoms with Crippen molar-refractivity contribution in [3.8, 4) is 0 Å². The van der Waals surface area contributed by atoms with Crippen molar-refractivity contribution in [1.29, 1.82) is 0 Å². The Kier molecular flexibility index (Phi) is 25.9. The molecule has 0 aromatic rings. The van der Waals surface area contributed by atoms with E-state index in [1.165, 1.54) is 138 Å². The monoisotopic (exact) mass is 511 g/mol. The number of hydrogen-bond donors (Lipinski definition) is 0. The van der Waals surface area contributed by atoms with Crippen molar-refractivity contribution >= 4 is 15.9 Å². The minimum atomic E-state index is 0. The molecule has 0 fully saturated rings. The molecular formula is C24H51Br2N. The van der Waals surface area contributed by atoms with E-state index in [0.717, 1.165) is 0 Å². The van der Waals surface area contributed by atoms with E-state index in [-0.39, 0.29) is 17.0 Å². The van der Waals surface area contributed by atoms with Crippen LogP contribution in [0.4, 0.5) is 0 Å². The van der Waals surface area contributed by atoms with Crippen LogP contribution in [0.15, 0.2) is 0 Å². The second-order valence-corrected chi connectivity index (χ2v) is 9.88. The number of quaternary nitrogens is 1. The number of rotatable bonds is 21. The summed E-state index contributed by atoms with van der Waals surface area (Å²) in [5.74, 6) is 0. The van der Waals surface area contributed by atoms with Crippen LogP contribution in [0.2, 0.25) is 0 Å². The zero-order valence-electron chi connectivity index (χ0n) is 19.1. The molecule has 0 atom stereocenters. The summed E-state index contributed by atoms with van der Waals surface area (Å²) in [6, 6.07) is 0. The van der Waals surface area contributed by atoms with E-state index < -0.39 is 0 Å². The van der Waals surface area contributed by atoms with Crippen LogP contribution in [0.1, 0.15) is 122 Å². The van der Waals surface area contributed by atoms with Crippen molar-refractivity contribution in [1.82, 2.24) is 0 Å². The van der Waals surface area contributed by atoms with E-state index in [9.17, 15) is 0 Å². The second kappa shape index (κ2) is 23.2. The molecule has 3 heteroatoms. The molecule has 0 aromatic heterocycles. The molecule has 0 rings (SSSR count). The van der Waals surface area contributed by atoms with Crippen molar-refractivity contribution < 1.29 is 21.5 Å². The van der Waals surface area contributed by atoms with Crippen LogP contribution in [-0.4, -0.2) is 37.0 Å². The van der Waals surface area contributed by atoms with Gasteiger partial charge in [-0.2, -0.15) is 0 Å². The molecule has 1 nitrogen and oxygen atoms in total. The Morgan fingerprint density at radius 3 is 1.11 bits per heavy atom. The van der Waals surface area contributed by atoms with Gasteiger partial charge in [-0.05, 0) is 32.1 Å². The van der Waals surface area contributed by atoms with Gasteiger partial charge in [0.1, 0.15) is 0 Å². The minimum absolute atomic E-state index is 0. The van der Waals surface area contributed by atoms with E-state index >= 15 is 0 Å². The maximum absolute atomic E-state index is 3.51. The van der Waals surface area contributed by atoms with Crippen LogP contribution in [0.5, 0.6) is 0 Å². The molecule has 0 aliphatic carbocycles. The SMILES string of the molecule is CCCCCCCCCC[N+](C)(C)CCCCCCCCCCCCBr.[Br-]. The Bertz CT molecular complexity index is 269. The number of hydrogen-bond acceptors (Lipinski definition) is 0. The summed E-state index contributed by atoms with van der Waals surface area (Å²) in [6.45, 7) is 5.06. The zero-order valence-corrected chi connectivity index (χ0v) is 22.2. The van der Waals surface area contributed by atoms with Crippen LogP contribution >= 0.6 is 15.9 Å². The highest BCUT2D eigenvalue weighted by molar-refractivity contribution is 9.09. The Balaban J connectivity index is 0. The lowest BCUT2D eigenvalue weighted by Gasteiger charge is -2.30. The lowest BCUT2D eigenvalue weighted by Crippen LogP contribution is -3.00. The zero-order chi connectivity index (χ0) is 19.3. The Hall–Kier alpha value is 0.920. The molecular weight excluding hydrogens is 462 g/mol. The third-order valence-electron chi connectivity index (χ3n) is 5.76. The molecule has 0 N–H and O–H groups in total. The molecule has 0 saturated carbocycles. The standard InChI is InChI=1S/C24H51BrN.BrH/c1-4-5-6-7-8-14-17-20-23-26(2,3)24-21-18-15-12-10-9-11-13-16-19-22-25;/h4-24H2,1-3H3;1H/q+1;/p-1. The molecule has 27 heavy (non-hydrogen) atoms. The van der Waals surface area contributed by atoms with E-state index in [4.69, 9.17) is 0 Å². The molecule has 0 bridgehead atoms. The summed E-state index contributed by atoms with van der Waals surface area (Å²) >= 11 is 3.51. The summed E-state index contributed by atoms with van der Waals surface area (Å²) in [6.07, 6.45) is 25.9. The molecule has 0 radical (unpaired) electrons. The van der Waals surface area contributed by atoms with Crippen LogP contribution in [0.25, 0.3) is 0 Å². The van der Waals surface area contributed by atoms with Gasteiger partial charge in [-0.15, -0.1) is 0 Å². The van der Waals surface area contributed by atoms with E-state index in [0.29, 0.717) is 0 Å². The highest BCUT2D eigenvalue weighted by Gasteiger charge is 2.13. The van der Waals surface area contributed by atoms with Crippen LogP contribution in [-0.2, 0) is 0 Å². The van der Waals surface area contributed by atoms with E-state index in [2.05, 4.69) is 36.9 Å². The number of unbranched alkanes of at least 4 members (excludes halogenated alkanes) is 16. The topological polar surface area (TPSA) is 0 Å². The Morgan fingerprint density at radius 1 is 0.481 bits per heavy atom. The van der Waals surface area contributed by atoms with Crippen molar-refractivity contribution in [3.05, 3.63) is 0 Å². The maximum atomic E-state index is 3.51. The largest absolute Gasteiger partial charge is 1.00 e. The third-order valence-corrected chi connectivity index (χ3v) is 6.32. The molecule has 0 saturated heterocycles. The van der Waals surface area contributed by atoms with Gasteiger partial charge in [0.05, 0.1) is 27.2 Å². The highest BCUT2D eigenvalue weighted by atomic mass is 79.9. The number of nitrogens with zero attached hydrogens (tertiary/aromatic N) is 1. The minimum Gasteiger partial charge on any atom is -1.00 e. The fourth-order valence-electron chi connectivity index (χ4n) is 3.83. The molecule has 0 amide bonds. The van der Waals surface area contributed by atoms with Gasteiger partial charge in [-0.3, -0.25) is 0 Å². The second-order valence-electron chi connectivity index (χ2n) is 9.08. The first-order valence-electron chi connectivity index (χ1n) is 12.0.